The van der Waals surface area contributed by atoms with E-state index in [1.54, 1.807) is 48.7 Å². The van der Waals surface area contributed by atoms with Crippen molar-refractivity contribution >= 4 is 33.3 Å². The molecule has 1 aromatic heterocycles. The first-order valence-corrected chi connectivity index (χ1v) is 11.7. The predicted molar refractivity (Wildman–Crippen MR) is 128 cm³/mol. The third-order valence-electron chi connectivity index (χ3n) is 5.07. The van der Waals surface area contributed by atoms with E-state index in [4.69, 9.17) is 0 Å². The molecule has 33 heavy (non-hydrogen) atoms. The van der Waals surface area contributed by atoms with Gasteiger partial charge in [-0.2, -0.15) is 0 Å². The molecule has 3 aromatic rings. The molecule has 0 saturated carbocycles. The van der Waals surface area contributed by atoms with Crippen LogP contribution < -0.4 is 9.62 Å². The zero-order valence-electron chi connectivity index (χ0n) is 18.9. The van der Waals surface area contributed by atoms with E-state index in [2.05, 4.69) is 10.3 Å². The number of hydrogen-bond donors (Lipinski definition) is 1. The number of pyridine rings is 1. The van der Waals surface area contributed by atoms with Gasteiger partial charge >= 0.3 is 0 Å². The van der Waals surface area contributed by atoms with E-state index in [0.717, 1.165) is 15.4 Å². The monoisotopic (exact) mass is 466 g/mol. The molecule has 172 valence electrons. The SMILES string of the molecule is Cc1ccc(S(=O)(=O)N(C)c2ccc(C(=O)N(C)CC(=O)Nc3cc(C)ccn3)cc2)cc1. The lowest BCUT2D eigenvalue weighted by Gasteiger charge is -2.21. The number of rotatable bonds is 7. The first-order chi connectivity index (χ1) is 15.6. The number of benzene rings is 2. The van der Waals surface area contributed by atoms with Crippen molar-refractivity contribution in [2.45, 2.75) is 18.7 Å². The Hall–Kier alpha value is -3.72. The first-order valence-electron chi connectivity index (χ1n) is 10.2. The standard InChI is InChI=1S/C24H26N4O4S/c1-17-5-11-21(12-6-17)33(31,32)28(4)20-9-7-19(8-10-20)24(30)27(3)16-23(29)26-22-15-18(2)13-14-25-22/h5-15H,16H2,1-4H3,(H,25,26,29). The van der Waals surface area contributed by atoms with Crippen molar-refractivity contribution in [3.63, 3.8) is 0 Å². The average molecular weight is 467 g/mol. The van der Waals surface area contributed by atoms with E-state index in [9.17, 15) is 18.0 Å². The minimum atomic E-state index is -3.73. The summed E-state index contributed by atoms with van der Waals surface area (Å²) in [6.07, 6.45) is 1.59. The fourth-order valence-electron chi connectivity index (χ4n) is 3.12. The van der Waals surface area contributed by atoms with Crippen LogP contribution in [0.5, 0.6) is 0 Å². The number of aromatic nitrogens is 1. The highest BCUT2D eigenvalue weighted by Gasteiger charge is 2.22. The zero-order chi connectivity index (χ0) is 24.2. The number of carbonyl (C=O) groups excluding carboxylic acids is 2. The van der Waals surface area contributed by atoms with Crippen molar-refractivity contribution in [2.24, 2.45) is 0 Å². The molecule has 2 amide bonds. The van der Waals surface area contributed by atoms with Crippen LogP contribution in [0.1, 0.15) is 21.5 Å². The van der Waals surface area contributed by atoms with Crippen LogP contribution in [0.3, 0.4) is 0 Å². The minimum absolute atomic E-state index is 0.155. The highest BCUT2D eigenvalue weighted by Crippen LogP contribution is 2.23. The summed E-state index contributed by atoms with van der Waals surface area (Å²) in [7, 11) is -0.746. The molecule has 0 bridgehead atoms. The fourth-order valence-corrected chi connectivity index (χ4v) is 4.31. The molecule has 0 aliphatic rings. The van der Waals surface area contributed by atoms with Gasteiger partial charge in [-0.25, -0.2) is 13.4 Å². The highest BCUT2D eigenvalue weighted by atomic mass is 32.2. The summed E-state index contributed by atoms with van der Waals surface area (Å²) in [5, 5.41) is 2.66. The highest BCUT2D eigenvalue weighted by molar-refractivity contribution is 7.92. The van der Waals surface area contributed by atoms with Gasteiger partial charge in [-0.1, -0.05) is 17.7 Å². The van der Waals surface area contributed by atoms with Gasteiger partial charge in [-0.3, -0.25) is 13.9 Å². The topological polar surface area (TPSA) is 99.7 Å². The van der Waals surface area contributed by atoms with Crippen LogP contribution in [-0.2, 0) is 14.8 Å². The Balaban J connectivity index is 1.66. The second kappa shape index (κ2) is 9.83. The second-order valence-corrected chi connectivity index (χ2v) is 9.73. The number of hydrogen-bond acceptors (Lipinski definition) is 5. The molecule has 8 nitrogen and oxygen atoms in total. The molecular formula is C24H26N4O4S. The van der Waals surface area contributed by atoms with E-state index in [-0.39, 0.29) is 23.3 Å². The van der Waals surface area contributed by atoms with Crippen molar-refractivity contribution in [2.75, 3.05) is 30.3 Å². The summed E-state index contributed by atoms with van der Waals surface area (Å²) in [5.74, 6) is -0.314. The zero-order valence-corrected chi connectivity index (χ0v) is 19.8. The smallest absolute Gasteiger partial charge is 0.264 e. The summed E-state index contributed by atoms with van der Waals surface area (Å²) in [6.45, 7) is 3.62. The fraction of sp³-hybridized carbons (Fsp3) is 0.208. The Morgan fingerprint density at radius 3 is 2.15 bits per heavy atom. The van der Waals surface area contributed by atoms with Gasteiger partial charge in [0.15, 0.2) is 0 Å². The van der Waals surface area contributed by atoms with E-state index in [1.165, 1.54) is 31.1 Å². The van der Waals surface area contributed by atoms with Gasteiger partial charge in [-0.15, -0.1) is 0 Å². The van der Waals surface area contributed by atoms with Gasteiger partial charge in [0.25, 0.3) is 15.9 Å². The molecule has 0 spiro atoms. The molecule has 2 aromatic carbocycles. The number of nitrogens with zero attached hydrogens (tertiary/aromatic N) is 3. The Morgan fingerprint density at radius 2 is 1.55 bits per heavy atom. The van der Waals surface area contributed by atoms with Crippen molar-refractivity contribution in [1.29, 1.82) is 0 Å². The molecule has 0 radical (unpaired) electrons. The van der Waals surface area contributed by atoms with Crippen molar-refractivity contribution in [1.82, 2.24) is 9.88 Å². The molecular weight excluding hydrogens is 440 g/mol. The maximum Gasteiger partial charge on any atom is 0.264 e. The van der Waals surface area contributed by atoms with Crippen LogP contribution >= 0.6 is 0 Å². The molecule has 0 aliphatic heterocycles. The molecule has 0 atom stereocenters. The molecule has 9 heteroatoms. The molecule has 0 unspecified atom stereocenters. The number of amides is 2. The normalized spacial score (nSPS) is 11.0. The molecule has 0 fully saturated rings. The van der Waals surface area contributed by atoms with Gasteiger partial charge in [0, 0.05) is 25.9 Å². The van der Waals surface area contributed by atoms with Crippen molar-refractivity contribution < 1.29 is 18.0 Å². The van der Waals surface area contributed by atoms with Gasteiger partial charge in [0.2, 0.25) is 5.91 Å². The lowest BCUT2D eigenvalue weighted by Crippen LogP contribution is -2.35. The second-order valence-electron chi connectivity index (χ2n) is 7.76. The quantitative estimate of drug-likeness (QED) is 0.576. The third kappa shape index (κ3) is 5.75. The molecule has 1 N–H and O–H groups in total. The van der Waals surface area contributed by atoms with Crippen molar-refractivity contribution in [3.05, 3.63) is 83.6 Å². The Morgan fingerprint density at radius 1 is 0.909 bits per heavy atom. The molecule has 0 saturated heterocycles. The largest absolute Gasteiger partial charge is 0.332 e. The van der Waals surface area contributed by atoms with Crippen LogP contribution in [0, 0.1) is 13.8 Å². The number of aryl methyl sites for hydroxylation is 2. The number of likely N-dealkylation sites (N-methyl/N-ethyl adjacent to an activating group) is 1. The van der Waals surface area contributed by atoms with E-state index >= 15 is 0 Å². The lowest BCUT2D eigenvalue weighted by molar-refractivity contribution is -0.116. The van der Waals surface area contributed by atoms with Crippen LogP contribution in [0.15, 0.2) is 71.8 Å². The Labute approximate surface area is 193 Å². The third-order valence-corrected chi connectivity index (χ3v) is 6.87. The summed E-state index contributed by atoms with van der Waals surface area (Å²) in [5.41, 5.74) is 2.67. The van der Waals surface area contributed by atoms with Crippen molar-refractivity contribution in [3.8, 4) is 0 Å². The lowest BCUT2D eigenvalue weighted by atomic mass is 10.2. The maximum absolute atomic E-state index is 12.9. The molecule has 1 heterocycles. The van der Waals surface area contributed by atoms with E-state index in [0.29, 0.717) is 17.1 Å². The summed E-state index contributed by atoms with van der Waals surface area (Å²) < 4.78 is 26.9. The molecule has 3 rings (SSSR count). The summed E-state index contributed by atoms with van der Waals surface area (Å²) >= 11 is 0. The average Bonchev–Trinajstić information content (AvgIpc) is 2.78. The summed E-state index contributed by atoms with van der Waals surface area (Å²) in [6, 6.07) is 16.3. The minimum Gasteiger partial charge on any atom is -0.332 e. The Kier molecular flexibility index (Phi) is 7.13. The Bertz CT molecular complexity index is 1260. The van der Waals surface area contributed by atoms with E-state index in [1.807, 2.05) is 19.9 Å². The number of sulfonamides is 1. The number of anilines is 2. The summed E-state index contributed by atoms with van der Waals surface area (Å²) in [4.78, 5) is 30.5. The number of nitrogens with one attached hydrogen (secondary N) is 1. The van der Waals surface area contributed by atoms with Gasteiger partial charge < -0.3 is 10.2 Å². The van der Waals surface area contributed by atoms with Gasteiger partial charge in [0.1, 0.15) is 5.82 Å². The van der Waals surface area contributed by atoms with Crippen LogP contribution in [0.2, 0.25) is 0 Å². The van der Waals surface area contributed by atoms with Crippen LogP contribution in [-0.4, -0.2) is 50.8 Å². The van der Waals surface area contributed by atoms with E-state index < -0.39 is 10.0 Å². The van der Waals surface area contributed by atoms with Gasteiger partial charge in [0.05, 0.1) is 17.1 Å². The number of carbonyl (C=O) groups is 2. The van der Waals surface area contributed by atoms with Crippen LogP contribution in [0.4, 0.5) is 11.5 Å². The first kappa shape index (κ1) is 23.9. The maximum atomic E-state index is 12.9. The van der Waals surface area contributed by atoms with Crippen LogP contribution in [0.25, 0.3) is 0 Å². The molecule has 0 aliphatic carbocycles. The van der Waals surface area contributed by atoms with Gasteiger partial charge in [-0.05, 0) is 67.9 Å². The predicted octanol–water partition coefficient (Wildman–Crippen LogP) is 3.23.